The SMILES string of the molecule is O=C(c1ccc(Cl)cc1F)N1CCC[C@H](OCc2ccccn2)C1. The molecule has 1 atom stereocenters. The van der Waals surface area contributed by atoms with Crippen LogP contribution in [-0.2, 0) is 11.3 Å². The van der Waals surface area contributed by atoms with Gasteiger partial charge in [-0.25, -0.2) is 4.39 Å². The predicted octanol–water partition coefficient (Wildman–Crippen LogP) is 3.70. The summed E-state index contributed by atoms with van der Waals surface area (Å²) in [5, 5.41) is 0.277. The van der Waals surface area contributed by atoms with Crippen LogP contribution in [0.15, 0.2) is 42.6 Å². The predicted molar refractivity (Wildman–Crippen MR) is 89.4 cm³/mol. The number of carbonyl (C=O) groups is 1. The lowest BCUT2D eigenvalue weighted by molar-refractivity contribution is -0.00797. The van der Waals surface area contributed by atoms with Gasteiger partial charge in [0.15, 0.2) is 0 Å². The van der Waals surface area contributed by atoms with Crippen molar-refractivity contribution < 1.29 is 13.9 Å². The fourth-order valence-corrected chi connectivity index (χ4v) is 2.94. The Bertz CT molecular complexity index is 711. The molecule has 1 amide bonds. The summed E-state index contributed by atoms with van der Waals surface area (Å²) in [7, 11) is 0. The minimum absolute atomic E-state index is 0.0461. The van der Waals surface area contributed by atoms with Gasteiger partial charge in [-0.3, -0.25) is 9.78 Å². The van der Waals surface area contributed by atoms with E-state index in [0.29, 0.717) is 19.7 Å². The average molecular weight is 349 g/mol. The molecule has 0 aliphatic carbocycles. The van der Waals surface area contributed by atoms with Crippen molar-refractivity contribution in [3.8, 4) is 0 Å². The molecule has 3 rings (SSSR count). The maximum absolute atomic E-state index is 14.0. The fraction of sp³-hybridized carbons (Fsp3) is 0.333. The lowest BCUT2D eigenvalue weighted by atomic mass is 10.1. The van der Waals surface area contributed by atoms with Gasteiger partial charge in [0.2, 0.25) is 0 Å². The highest BCUT2D eigenvalue weighted by Gasteiger charge is 2.26. The monoisotopic (exact) mass is 348 g/mol. The highest BCUT2D eigenvalue weighted by atomic mass is 35.5. The summed E-state index contributed by atoms with van der Waals surface area (Å²) in [6.45, 7) is 1.46. The number of piperidine rings is 1. The van der Waals surface area contributed by atoms with Crippen LogP contribution in [-0.4, -0.2) is 35.0 Å². The number of hydrogen-bond acceptors (Lipinski definition) is 3. The van der Waals surface area contributed by atoms with Crippen LogP contribution in [0.2, 0.25) is 5.02 Å². The van der Waals surface area contributed by atoms with Crippen LogP contribution in [0.5, 0.6) is 0 Å². The Kier molecular flexibility index (Phi) is 5.43. The minimum atomic E-state index is -0.593. The first-order valence-corrected chi connectivity index (χ1v) is 8.27. The van der Waals surface area contributed by atoms with Crippen LogP contribution < -0.4 is 0 Å². The first-order valence-electron chi connectivity index (χ1n) is 7.89. The third-order valence-corrected chi connectivity index (χ3v) is 4.26. The molecule has 0 spiro atoms. The van der Waals surface area contributed by atoms with E-state index in [-0.39, 0.29) is 22.6 Å². The molecule has 1 aromatic heterocycles. The van der Waals surface area contributed by atoms with E-state index in [1.54, 1.807) is 11.1 Å². The van der Waals surface area contributed by atoms with E-state index in [4.69, 9.17) is 16.3 Å². The third-order valence-electron chi connectivity index (χ3n) is 4.02. The maximum Gasteiger partial charge on any atom is 0.256 e. The standard InChI is InChI=1S/C18H18ClFN2O2/c19-13-6-7-16(17(20)10-13)18(23)22-9-3-5-15(11-22)24-12-14-4-1-2-8-21-14/h1-2,4,6-8,10,15H,3,5,9,11-12H2/t15-/m0/s1. The highest BCUT2D eigenvalue weighted by Crippen LogP contribution is 2.20. The number of pyridine rings is 1. The van der Waals surface area contributed by atoms with Gasteiger partial charge in [0.1, 0.15) is 5.82 Å². The van der Waals surface area contributed by atoms with Crippen LogP contribution in [0, 0.1) is 5.82 Å². The van der Waals surface area contributed by atoms with E-state index in [9.17, 15) is 9.18 Å². The molecule has 6 heteroatoms. The van der Waals surface area contributed by atoms with Crippen LogP contribution in [0.1, 0.15) is 28.9 Å². The van der Waals surface area contributed by atoms with Gasteiger partial charge in [0, 0.05) is 24.3 Å². The second kappa shape index (κ2) is 7.73. The molecule has 2 aromatic rings. The van der Waals surface area contributed by atoms with Crippen LogP contribution in [0.4, 0.5) is 4.39 Å². The Balaban J connectivity index is 1.61. The number of rotatable bonds is 4. The molecule has 126 valence electrons. The summed E-state index contributed by atoms with van der Waals surface area (Å²) in [6, 6.07) is 9.77. The summed E-state index contributed by atoms with van der Waals surface area (Å²) < 4.78 is 19.8. The van der Waals surface area contributed by atoms with Crippen molar-refractivity contribution in [2.45, 2.75) is 25.6 Å². The van der Waals surface area contributed by atoms with Crippen molar-refractivity contribution >= 4 is 17.5 Å². The largest absolute Gasteiger partial charge is 0.370 e. The summed E-state index contributed by atoms with van der Waals surface area (Å²) in [4.78, 5) is 18.4. The van der Waals surface area contributed by atoms with Crippen LogP contribution in [0.25, 0.3) is 0 Å². The Morgan fingerprint density at radius 1 is 1.38 bits per heavy atom. The Hall–Kier alpha value is -1.98. The van der Waals surface area contributed by atoms with E-state index in [1.807, 2.05) is 18.2 Å². The second-order valence-corrected chi connectivity index (χ2v) is 6.21. The number of benzene rings is 1. The van der Waals surface area contributed by atoms with Gasteiger partial charge < -0.3 is 9.64 Å². The molecule has 0 N–H and O–H groups in total. The first kappa shape index (κ1) is 16.9. The quantitative estimate of drug-likeness (QED) is 0.846. The normalized spacial score (nSPS) is 17.8. The molecule has 0 saturated carbocycles. The minimum Gasteiger partial charge on any atom is -0.370 e. The first-order chi connectivity index (χ1) is 11.6. The third kappa shape index (κ3) is 4.10. The second-order valence-electron chi connectivity index (χ2n) is 5.77. The molecule has 4 nitrogen and oxygen atoms in total. The van der Waals surface area contributed by atoms with Crippen LogP contribution in [0.3, 0.4) is 0 Å². The molecule has 0 unspecified atom stereocenters. The molecule has 0 bridgehead atoms. The van der Waals surface area contributed by atoms with E-state index in [0.717, 1.165) is 24.6 Å². The maximum atomic E-state index is 14.0. The number of likely N-dealkylation sites (tertiary alicyclic amines) is 1. The van der Waals surface area contributed by atoms with Gasteiger partial charge in [-0.2, -0.15) is 0 Å². The lowest BCUT2D eigenvalue weighted by Crippen LogP contribution is -2.43. The number of hydrogen-bond donors (Lipinski definition) is 0. The number of amides is 1. The lowest BCUT2D eigenvalue weighted by Gasteiger charge is -2.32. The summed E-state index contributed by atoms with van der Waals surface area (Å²) in [6.07, 6.45) is 3.35. The molecule has 1 fully saturated rings. The summed E-state index contributed by atoms with van der Waals surface area (Å²) in [5.41, 5.74) is 0.898. The van der Waals surface area contributed by atoms with Crippen molar-refractivity contribution in [1.82, 2.24) is 9.88 Å². The van der Waals surface area contributed by atoms with Crippen molar-refractivity contribution in [2.75, 3.05) is 13.1 Å². The summed E-state index contributed by atoms with van der Waals surface area (Å²) in [5.74, 6) is -0.917. The van der Waals surface area contributed by atoms with Gasteiger partial charge in [-0.05, 0) is 43.2 Å². The fourth-order valence-electron chi connectivity index (χ4n) is 2.78. The Morgan fingerprint density at radius 3 is 3.00 bits per heavy atom. The molecule has 24 heavy (non-hydrogen) atoms. The molecule has 1 saturated heterocycles. The van der Waals surface area contributed by atoms with Gasteiger partial charge in [-0.15, -0.1) is 0 Å². The van der Waals surface area contributed by atoms with E-state index >= 15 is 0 Å². The van der Waals surface area contributed by atoms with Crippen molar-refractivity contribution in [3.63, 3.8) is 0 Å². The number of ether oxygens (including phenoxy) is 1. The summed E-state index contributed by atoms with van der Waals surface area (Å²) >= 11 is 5.74. The average Bonchev–Trinajstić information content (AvgIpc) is 2.61. The Morgan fingerprint density at radius 2 is 2.25 bits per heavy atom. The van der Waals surface area contributed by atoms with Gasteiger partial charge in [0.05, 0.1) is 24.0 Å². The molecular formula is C18H18ClFN2O2. The van der Waals surface area contributed by atoms with E-state index in [2.05, 4.69) is 4.98 Å². The molecule has 0 radical (unpaired) electrons. The highest BCUT2D eigenvalue weighted by molar-refractivity contribution is 6.30. The smallest absolute Gasteiger partial charge is 0.256 e. The topological polar surface area (TPSA) is 42.4 Å². The Labute approximate surface area is 145 Å². The van der Waals surface area contributed by atoms with Crippen LogP contribution >= 0.6 is 11.6 Å². The zero-order chi connectivity index (χ0) is 16.9. The molecule has 2 heterocycles. The zero-order valence-electron chi connectivity index (χ0n) is 13.1. The molecule has 1 aliphatic heterocycles. The van der Waals surface area contributed by atoms with Gasteiger partial charge >= 0.3 is 0 Å². The number of aromatic nitrogens is 1. The van der Waals surface area contributed by atoms with Crippen molar-refractivity contribution in [3.05, 3.63) is 64.7 Å². The molecular weight excluding hydrogens is 331 g/mol. The van der Waals surface area contributed by atoms with Crippen molar-refractivity contribution in [1.29, 1.82) is 0 Å². The zero-order valence-corrected chi connectivity index (χ0v) is 13.9. The number of carbonyl (C=O) groups excluding carboxylic acids is 1. The van der Waals surface area contributed by atoms with Gasteiger partial charge in [0.25, 0.3) is 5.91 Å². The van der Waals surface area contributed by atoms with Crippen molar-refractivity contribution in [2.24, 2.45) is 0 Å². The van der Waals surface area contributed by atoms with E-state index < -0.39 is 5.82 Å². The number of halogens is 2. The number of nitrogens with zero attached hydrogens (tertiary/aromatic N) is 2. The van der Waals surface area contributed by atoms with Gasteiger partial charge in [-0.1, -0.05) is 17.7 Å². The molecule has 1 aromatic carbocycles. The molecule has 1 aliphatic rings. The van der Waals surface area contributed by atoms with E-state index in [1.165, 1.54) is 12.1 Å².